The van der Waals surface area contributed by atoms with Crippen LogP contribution < -0.4 is 15.4 Å². The number of carbonyl (C=O) groups is 1. The van der Waals surface area contributed by atoms with Gasteiger partial charge in [0.05, 0.1) is 13.2 Å². The summed E-state index contributed by atoms with van der Waals surface area (Å²) in [6.45, 7) is 7.17. The monoisotopic (exact) mass is 264 g/mol. The summed E-state index contributed by atoms with van der Waals surface area (Å²) in [6.07, 6.45) is 2.15. The first kappa shape index (κ1) is 15.5. The van der Waals surface area contributed by atoms with Gasteiger partial charge >= 0.3 is 0 Å². The summed E-state index contributed by atoms with van der Waals surface area (Å²) in [5.74, 6) is 0.752. The predicted octanol–water partition coefficient (Wildman–Crippen LogP) is 2.80. The van der Waals surface area contributed by atoms with Crippen molar-refractivity contribution in [1.82, 2.24) is 5.32 Å². The summed E-state index contributed by atoms with van der Waals surface area (Å²) in [5, 5.41) is 5.93. The topological polar surface area (TPSA) is 50.4 Å². The predicted molar refractivity (Wildman–Crippen MR) is 78.6 cm³/mol. The number of ether oxygens (including phenoxy) is 1. The standard InChI is InChI=1S/C15H24N2O2/c1-4-5-9-19-14-8-6-7-13(10-14)17-15(18)11-16-12(2)3/h6-8,10,12,16H,4-5,9,11H2,1-3H3,(H,17,18). The Morgan fingerprint density at radius 1 is 1.37 bits per heavy atom. The van der Waals surface area contributed by atoms with Gasteiger partial charge in [0.2, 0.25) is 5.91 Å². The Morgan fingerprint density at radius 3 is 2.84 bits per heavy atom. The number of hydrogen-bond acceptors (Lipinski definition) is 3. The van der Waals surface area contributed by atoms with E-state index in [0.29, 0.717) is 19.2 Å². The van der Waals surface area contributed by atoms with Crippen LogP contribution in [0.15, 0.2) is 24.3 Å². The van der Waals surface area contributed by atoms with Gasteiger partial charge < -0.3 is 15.4 Å². The van der Waals surface area contributed by atoms with E-state index in [1.165, 1.54) is 0 Å². The molecule has 1 aromatic rings. The van der Waals surface area contributed by atoms with Gasteiger partial charge in [0, 0.05) is 17.8 Å². The molecule has 0 unspecified atom stereocenters. The van der Waals surface area contributed by atoms with Gasteiger partial charge in [-0.05, 0) is 18.6 Å². The molecule has 0 saturated carbocycles. The highest BCUT2D eigenvalue weighted by Gasteiger charge is 2.04. The van der Waals surface area contributed by atoms with Crippen molar-refractivity contribution in [2.24, 2.45) is 0 Å². The lowest BCUT2D eigenvalue weighted by Crippen LogP contribution is -2.32. The number of rotatable bonds is 8. The van der Waals surface area contributed by atoms with E-state index in [-0.39, 0.29) is 5.91 Å². The summed E-state index contributed by atoms with van der Waals surface area (Å²) in [6, 6.07) is 7.79. The molecule has 4 nitrogen and oxygen atoms in total. The first-order chi connectivity index (χ1) is 9.11. The normalized spacial score (nSPS) is 10.5. The van der Waals surface area contributed by atoms with E-state index in [2.05, 4.69) is 17.6 Å². The van der Waals surface area contributed by atoms with Crippen molar-refractivity contribution in [3.8, 4) is 5.75 Å². The number of amides is 1. The first-order valence-electron chi connectivity index (χ1n) is 6.88. The Kier molecular flexibility index (Phi) is 6.97. The number of nitrogens with one attached hydrogen (secondary N) is 2. The van der Waals surface area contributed by atoms with Crippen molar-refractivity contribution in [3.63, 3.8) is 0 Å². The van der Waals surface area contributed by atoms with Crippen molar-refractivity contribution >= 4 is 11.6 Å². The van der Waals surface area contributed by atoms with Crippen molar-refractivity contribution in [3.05, 3.63) is 24.3 Å². The molecule has 1 rings (SSSR count). The van der Waals surface area contributed by atoms with E-state index in [9.17, 15) is 4.79 Å². The Bertz CT molecular complexity index is 391. The highest BCUT2D eigenvalue weighted by molar-refractivity contribution is 5.92. The molecule has 106 valence electrons. The van der Waals surface area contributed by atoms with Crippen LogP contribution in [-0.4, -0.2) is 25.1 Å². The molecular weight excluding hydrogens is 240 g/mol. The third kappa shape index (κ3) is 6.82. The van der Waals surface area contributed by atoms with Gasteiger partial charge in [-0.2, -0.15) is 0 Å². The molecule has 0 bridgehead atoms. The highest BCUT2D eigenvalue weighted by atomic mass is 16.5. The minimum absolute atomic E-state index is 0.0422. The molecule has 0 atom stereocenters. The second kappa shape index (κ2) is 8.53. The molecule has 0 saturated heterocycles. The SMILES string of the molecule is CCCCOc1cccc(NC(=O)CNC(C)C)c1. The van der Waals surface area contributed by atoms with Crippen LogP contribution >= 0.6 is 0 Å². The quantitative estimate of drug-likeness (QED) is 0.710. The summed E-state index contributed by atoms with van der Waals surface area (Å²) in [5.41, 5.74) is 0.768. The number of anilines is 1. The smallest absolute Gasteiger partial charge is 0.238 e. The summed E-state index contributed by atoms with van der Waals surface area (Å²) >= 11 is 0. The van der Waals surface area contributed by atoms with E-state index in [0.717, 1.165) is 24.3 Å². The average Bonchev–Trinajstić information content (AvgIpc) is 2.37. The zero-order valence-corrected chi connectivity index (χ0v) is 12.0. The number of hydrogen-bond donors (Lipinski definition) is 2. The zero-order valence-electron chi connectivity index (χ0n) is 12.0. The second-order valence-corrected chi connectivity index (χ2v) is 4.81. The van der Waals surface area contributed by atoms with Gasteiger partial charge in [0.1, 0.15) is 5.75 Å². The molecular formula is C15H24N2O2. The Hall–Kier alpha value is -1.55. The van der Waals surface area contributed by atoms with Crippen LogP contribution in [0, 0.1) is 0 Å². The molecule has 19 heavy (non-hydrogen) atoms. The average molecular weight is 264 g/mol. The van der Waals surface area contributed by atoms with Crippen molar-refractivity contribution in [2.45, 2.75) is 39.7 Å². The van der Waals surface area contributed by atoms with E-state index in [1.807, 2.05) is 38.1 Å². The maximum absolute atomic E-state index is 11.7. The maximum atomic E-state index is 11.7. The molecule has 0 radical (unpaired) electrons. The summed E-state index contributed by atoms with van der Waals surface area (Å²) < 4.78 is 5.60. The van der Waals surface area contributed by atoms with E-state index in [1.54, 1.807) is 0 Å². The maximum Gasteiger partial charge on any atom is 0.238 e. The van der Waals surface area contributed by atoms with Crippen LogP contribution in [0.3, 0.4) is 0 Å². The fraction of sp³-hybridized carbons (Fsp3) is 0.533. The van der Waals surface area contributed by atoms with Crippen LogP contribution in [-0.2, 0) is 4.79 Å². The Balaban J connectivity index is 2.45. The van der Waals surface area contributed by atoms with Crippen molar-refractivity contribution in [2.75, 3.05) is 18.5 Å². The summed E-state index contributed by atoms with van der Waals surface area (Å²) in [4.78, 5) is 11.7. The second-order valence-electron chi connectivity index (χ2n) is 4.81. The number of carbonyl (C=O) groups excluding carboxylic acids is 1. The molecule has 0 aromatic heterocycles. The van der Waals surface area contributed by atoms with Gasteiger partial charge in [-0.3, -0.25) is 4.79 Å². The largest absolute Gasteiger partial charge is 0.494 e. The molecule has 1 aromatic carbocycles. The fourth-order valence-corrected chi connectivity index (χ4v) is 1.50. The van der Waals surface area contributed by atoms with Crippen LogP contribution in [0.1, 0.15) is 33.6 Å². The summed E-state index contributed by atoms with van der Waals surface area (Å²) in [7, 11) is 0. The van der Waals surface area contributed by atoms with Crippen LogP contribution in [0.4, 0.5) is 5.69 Å². The molecule has 0 aliphatic heterocycles. The Labute approximate surface area is 115 Å². The molecule has 4 heteroatoms. The lowest BCUT2D eigenvalue weighted by molar-refractivity contribution is -0.115. The van der Waals surface area contributed by atoms with Crippen LogP contribution in [0.5, 0.6) is 5.75 Å². The van der Waals surface area contributed by atoms with Gasteiger partial charge in [0.15, 0.2) is 0 Å². The van der Waals surface area contributed by atoms with E-state index < -0.39 is 0 Å². The highest BCUT2D eigenvalue weighted by Crippen LogP contribution is 2.17. The third-order valence-corrected chi connectivity index (χ3v) is 2.56. The molecule has 0 fully saturated rings. The fourth-order valence-electron chi connectivity index (χ4n) is 1.50. The van der Waals surface area contributed by atoms with Crippen molar-refractivity contribution in [1.29, 1.82) is 0 Å². The third-order valence-electron chi connectivity index (χ3n) is 2.56. The molecule has 2 N–H and O–H groups in total. The van der Waals surface area contributed by atoms with Gasteiger partial charge in [-0.1, -0.05) is 33.3 Å². The number of benzene rings is 1. The molecule has 1 amide bonds. The molecule has 0 spiro atoms. The number of unbranched alkanes of at least 4 members (excludes halogenated alkanes) is 1. The minimum Gasteiger partial charge on any atom is -0.494 e. The first-order valence-corrected chi connectivity index (χ1v) is 6.88. The molecule has 0 aliphatic carbocycles. The van der Waals surface area contributed by atoms with Crippen molar-refractivity contribution < 1.29 is 9.53 Å². The molecule has 0 heterocycles. The molecule has 0 aliphatic rings. The zero-order chi connectivity index (χ0) is 14.1. The van der Waals surface area contributed by atoms with Crippen LogP contribution in [0.25, 0.3) is 0 Å². The van der Waals surface area contributed by atoms with E-state index in [4.69, 9.17) is 4.74 Å². The van der Waals surface area contributed by atoms with E-state index >= 15 is 0 Å². The Morgan fingerprint density at radius 2 is 2.16 bits per heavy atom. The minimum atomic E-state index is -0.0422. The lowest BCUT2D eigenvalue weighted by atomic mass is 10.3. The van der Waals surface area contributed by atoms with Gasteiger partial charge in [-0.25, -0.2) is 0 Å². The van der Waals surface area contributed by atoms with Gasteiger partial charge in [0.25, 0.3) is 0 Å². The van der Waals surface area contributed by atoms with Crippen LogP contribution in [0.2, 0.25) is 0 Å². The van der Waals surface area contributed by atoms with Gasteiger partial charge in [-0.15, -0.1) is 0 Å². The lowest BCUT2D eigenvalue weighted by Gasteiger charge is -2.10.